The Balaban J connectivity index is 1.21. The molecule has 0 spiro atoms. The fourth-order valence-electron chi connectivity index (χ4n) is 4.72. The number of pyridine rings is 1. The zero-order chi connectivity index (χ0) is 27.2. The summed E-state index contributed by atoms with van der Waals surface area (Å²) in [4.78, 5) is 9.59. The maximum Gasteiger partial charge on any atom is 0.240 e. The van der Waals surface area contributed by atoms with Gasteiger partial charge in [0.1, 0.15) is 11.3 Å². The molecule has 0 unspecified atom stereocenters. The van der Waals surface area contributed by atoms with E-state index >= 15 is 0 Å². The van der Waals surface area contributed by atoms with Gasteiger partial charge in [-0.25, -0.2) is 23.1 Å². The van der Waals surface area contributed by atoms with E-state index in [-0.39, 0.29) is 18.0 Å². The number of rotatable bonds is 12. The number of unbranched alkanes of at least 4 members (excludes halogenated alkanes) is 1. The van der Waals surface area contributed by atoms with E-state index < -0.39 is 10.0 Å². The van der Waals surface area contributed by atoms with Crippen LogP contribution in [0.2, 0.25) is 0 Å². The summed E-state index contributed by atoms with van der Waals surface area (Å²) in [6.07, 6.45) is 2.91. The smallest absolute Gasteiger partial charge is 0.240 e. The number of imidazole rings is 1. The molecule has 2 aromatic heterocycles. The van der Waals surface area contributed by atoms with E-state index in [0.717, 1.165) is 52.6 Å². The minimum Gasteiger partial charge on any atom is -0.382 e. The maximum atomic E-state index is 12.8. The number of aryl methyl sites for hydroxylation is 1. The van der Waals surface area contributed by atoms with Crippen LogP contribution < -0.4 is 10.5 Å². The van der Waals surface area contributed by atoms with Gasteiger partial charge in [0, 0.05) is 24.9 Å². The number of nitrogens with one attached hydrogen (secondary N) is 1. The van der Waals surface area contributed by atoms with E-state index in [2.05, 4.69) is 21.2 Å². The number of benzene rings is 3. The van der Waals surface area contributed by atoms with Gasteiger partial charge in [-0.3, -0.25) is 0 Å². The summed E-state index contributed by atoms with van der Waals surface area (Å²) >= 11 is 0. The van der Waals surface area contributed by atoms with Crippen LogP contribution in [0.5, 0.6) is 0 Å². The topological polar surface area (TPSA) is 112 Å². The molecule has 0 radical (unpaired) electrons. The first-order chi connectivity index (χ1) is 19.0. The molecule has 9 heteroatoms. The molecule has 202 valence electrons. The highest BCUT2D eigenvalue weighted by Crippen LogP contribution is 2.29. The number of ether oxygens (including phenoxy) is 1. The highest BCUT2D eigenvalue weighted by atomic mass is 32.2. The molecule has 0 saturated carbocycles. The van der Waals surface area contributed by atoms with Gasteiger partial charge >= 0.3 is 0 Å². The van der Waals surface area contributed by atoms with E-state index in [0.29, 0.717) is 24.5 Å². The number of nitrogen functional groups attached to an aromatic ring is 1. The summed E-state index contributed by atoms with van der Waals surface area (Å²) in [5, 5.41) is 1.00. The van der Waals surface area contributed by atoms with Gasteiger partial charge in [0.25, 0.3) is 0 Å². The first-order valence-corrected chi connectivity index (χ1v) is 14.7. The average molecular weight is 544 g/mol. The summed E-state index contributed by atoms with van der Waals surface area (Å²) < 4.78 is 36.1. The molecule has 3 aromatic carbocycles. The Kier molecular flexibility index (Phi) is 8.21. The minimum atomic E-state index is -3.63. The van der Waals surface area contributed by atoms with E-state index in [4.69, 9.17) is 15.5 Å². The van der Waals surface area contributed by atoms with Crippen LogP contribution in [-0.2, 0) is 27.7 Å². The number of hydrogen-bond acceptors (Lipinski definition) is 6. The number of fused-ring (bicyclic) bond motifs is 3. The molecule has 8 nitrogen and oxygen atoms in total. The number of hydrogen-bond donors (Lipinski definition) is 2. The summed E-state index contributed by atoms with van der Waals surface area (Å²) in [5.41, 5.74) is 10.8. The van der Waals surface area contributed by atoms with Crippen LogP contribution in [0.4, 0.5) is 5.82 Å². The average Bonchev–Trinajstić information content (AvgIpc) is 3.33. The van der Waals surface area contributed by atoms with Crippen LogP contribution in [0.3, 0.4) is 0 Å². The van der Waals surface area contributed by atoms with Crippen molar-refractivity contribution in [1.29, 1.82) is 0 Å². The standard InChI is InChI=1S/C30H33N5O3S/c1-2-3-13-27-34-28-29(25-11-7-8-12-26(25)33-30(28)31)35(27)19-21-38-20-18-32-39(36,37)24-16-14-23(15-17-24)22-9-5-4-6-10-22/h4-12,14-17,32H,2-3,13,18-21H2,1H3,(H2,31,33). The van der Waals surface area contributed by atoms with Gasteiger partial charge in [-0.15, -0.1) is 0 Å². The molecule has 5 aromatic rings. The largest absolute Gasteiger partial charge is 0.382 e. The van der Waals surface area contributed by atoms with Crippen molar-refractivity contribution >= 4 is 37.8 Å². The monoisotopic (exact) mass is 543 g/mol. The fourth-order valence-corrected chi connectivity index (χ4v) is 5.73. The first-order valence-electron chi connectivity index (χ1n) is 13.2. The van der Waals surface area contributed by atoms with Crippen molar-refractivity contribution in [3.63, 3.8) is 0 Å². The molecular weight excluding hydrogens is 510 g/mol. The number of aromatic nitrogens is 3. The number of sulfonamides is 1. The van der Waals surface area contributed by atoms with Gasteiger partial charge in [-0.1, -0.05) is 74.0 Å². The van der Waals surface area contributed by atoms with Crippen molar-refractivity contribution in [2.75, 3.05) is 25.5 Å². The molecular formula is C30H33N5O3S. The quantitative estimate of drug-likeness (QED) is 0.210. The molecule has 0 aliphatic carbocycles. The first kappa shape index (κ1) is 26.8. The molecule has 0 atom stereocenters. The highest BCUT2D eigenvalue weighted by molar-refractivity contribution is 7.89. The second-order valence-corrected chi connectivity index (χ2v) is 11.2. The summed E-state index contributed by atoms with van der Waals surface area (Å²) in [5.74, 6) is 1.38. The van der Waals surface area contributed by atoms with Gasteiger partial charge in [0.15, 0.2) is 5.82 Å². The lowest BCUT2D eigenvalue weighted by atomic mass is 10.1. The Bertz CT molecular complexity index is 1670. The third-order valence-corrected chi connectivity index (χ3v) is 8.19. The highest BCUT2D eigenvalue weighted by Gasteiger charge is 2.17. The van der Waals surface area contributed by atoms with E-state index in [1.54, 1.807) is 12.1 Å². The van der Waals surface area contributed by atoms with Crippen LogP contribution in [-0.4, -0.2) is 42.7 Å². The van der Waals surface area contributed by atoms with Crippen LogP contribution in [0.1, 0.15) is 25.6 Å². The van der Waals surface area contributed by atoms with Crippen molar-refractivity contribution in [3.8, 4) is 11.1 Å². The minimum absolute atomic E-state index is 0.177. The molecule has 39 heavy (non-hydrogen) atoms. The van der Waals surface area contributed by atoms with E-state index in [9.17, 15) is 8.42 Å². The molecule has 0 saturated heterocycles. The van der Waals surface area contributed by atoms with Crippen molar-refractivity contribution in [2.24, 2.45) is 0 Å². The number of anilines is 1. The Labute approximate surface area is 228 Å². The van der Waals surface area contributed by atoms with Gasteiger partial charge in [-0.2, -0.15) is 0 Å². The summed E-state index contributed by atoms with van der Waals surface area (Å²) in [6.45, 7) is 3.57. The van der Waals surface area contributed by atoms with Crippen molar-refractivity contribution in [2.45, 2.75) is 37.6 Å². The lowest BCUT2D eigenvalue weighted by Gasteiger charge is -2.12. The van der Waals surface area contributed by atoms with Crippen LogP contribution in [0.25, 0.3) is 33.1 Å². The van der Waals surface area contributed by atoms with Gasteiger partial charge in [-0.05, 0) is 35.7 Å². The lowest BCUT2D eigenvalue weighted by Crippen LogP contribution is -2.27. The van der Waals surface area contributed by atoms with Crippen LogP contribution in [0.15, 0.2) is 83.8 Å². The molecule has 2 heterocycles. The zero-order valence-electron chi connectivity index (χ0n) is 22.0. The Morgan fingerprint density at radius 1 is 0.897 bits per heavy atom. The normalized spacial score (nSPS) is 11.9. The maximum absolute atomic E-state index is 12.8. The third kappa shape index (κ3) is 5.95. The van der Waals surface area contributed by atoms with Crippen molar-refractivity contribution in [1.82, 2.24) is 19.3 Å². The second-order valence-electron chi connectivity index (χ2n) is 9.40. The molecule has 3 N–H and O–H groups in total. The van der Waals surface area contributed by atoms with Crippen LogP contribution >= 0.6 is 0 Å². The Hall–Kier alpha value is -3.79. The third-order valence-electron chi connectivity index (χ3n) is 6.71. The lowest BCUT2D eigenvalue weighted by molar-refractivity contribution is 0.131. The summed E-state index contributed by atoms with van der Waals surface area (Å²) in [6, 6.07) is 24.6. The van der Waals surface area contributed by atoms with E-state index in [1.807, 2.05) is 66.7 Å². The number of nitrogens with zero attached hydrogens (tertiary/aromatic N) is 3. The zero-order valence-corrected chi connectivity index (χ0v) is 22.8. The molecule has 5 rings (SSSR count). The van der Waals surface area contributed by atoms with Gasteiger partial charge in [0.05, 0.1) is 29.1 Å². The fraction of sp³-hybridized carbons (Fsp3) is 0.267. The molecule has 0 bridgehead atoms. The van der Waals surface area contributed by atoms with Crippen molar-refractivity contribution in [3.05, 3.63) is 84.7 Å². The molecule has 0 aliphatic rings. The van der Waals surface area contributed by atoms with Crippen LogP contribution in [0, 0.1) is 0 Å². The van der Waals surface area contributed by atoms with E-state index in [1.165, 1.54) is 0 Å². The van der Waals surface area contributed by atoms with Crippen molar-refractivity contribution < 1.29 is 13.2 Å². The Morgan fingerprint density at radius 2 is 1.62 bits per heavy atom. The SMILES string of the molecule is CCCCc1nc2c(N)nc3ccccc3c2n1CCOCCNS(=O)(=O)c1ccc(-c2ccccc2)cc1. The predicted octanol–water partition coefficient (Wildman–Crippen LogP) is 5.17. The predicted molar refractivity (Wildman–Crippen MR) is 156 cm³/mol. The Morgan fingerprint density at radius 3 is 2.38 bits per heavy atom. The molecule has 0 fully saturated rings. The van der Waals surface area contributed by atoms with Gasteiger partial charge in [0.2, 0.25) is 10.0 Å². The number of nitrogens with two attached hydrogens (primary N) is 1. The molecule has 0 aliphatic heterocycles. The summed E-state index contributed by atoms with van der Waals surface area (Å²) in [7, 11) is -3.63. The second kappa shape index (κ2) is 11.9. The number of para-hydroxylation sites is 1. The molecule has 0 amide bonds. The van der Waals surface area contributed by atoms with Gasteiger partial charge < -0.3 is 15.0 Å².